The third-order valence-electron chi connectivity index (χ3n) is 4.56. The third-order valence-corrected chi connectivity index (χ3v) is 4.56. The molecule has 144 valence electrons. The van der Waals surface area contributed by atoms with E-state index in [4.69, 9.17) is 9.47 Å². The Bertz CT molecular complexity index is 868. The second kappa shape index (κ2) is 8.43. The lowest BCUT2D eigenvalue weighted by molar-refractivity contribution is 0.0520. The first-order valence-electron chi connectivity index (χ1n) is 8.93. The van der Waals surface area contributed by atoms with Gasteiger partial charge in [0.25, 0.3) is 0 Å². The van der Waals surface area contributed by atoms with Crippen LogP contribution in [-0.2, 0) is 16.0 Å². The van der Waals surface area contributed by atoms with E-state index in [2.05, 4.69) is 0 Å². The number of carbonyl (C=O) groups excluding carboxylic acids is 1. The van der Waals surface area contributed by atoms with Gasteiger partial charge in [-0.2, -0.15) is 0 Å². The zero-order valence-corrected chi connectivity index (χ0v) is 15.0. The second-order valence-electron chi connectivity index (χ2n) is 6.55. The van der Waals surface area contributed by atoms with Crippen molar-refractivity contribution in [3.63, 3.8) is 0 Å². The first kappa shape index (κ1) is 19.2. The fraction of sp³-hybridized carbons (Fsp3) is 0.400. The largest absolute Gasteiger partial charge is 0.462 e. The molecule has 0 unspecified atom stereocenters. The van der Waals surface area contributed by atoms with E-state index in [1.54, 1.807) is 11.5 Å². The van der Waals surface area contributed by atoms with Crippen molar-refractivity contribution >= 4 is 5.97 Å². The number of hydrogen-bond acceptors (Lipinski definition) is 4. The fourth-order valence-electron chi connectivity index (χ4n) is 3.23. The average molecular weight is 377 g/mol. The van der Waals surface area contributed by atoms with Crippen molar-refractivity contribution in [1.82, 2.24) is 4.57 Å². The monoisotopic (exact) mass is 377 g/mol. The van der Waals surface area contributed by atoms with Gasteiger partial charge in [-0.3, -0.25) is 4.79 Å². The highest BCUT2D eigenvalue weighted by Crippen LogP contribution is 2.22. The predicted molar refractivity (Wildman–Crippen MR) is 95.6 cm³/mol. The number of halogens is 2. The zero-order valence-electron chi connectivity index (χ0n) is 15.0. The van der Waals surface area contributed by atoms with Gasteiger partial charge in [-0.25, -0.2) is 13.6 Å². The summed E-state index contributed by atoms with van der Waals surface area (Å²) in [5.74, 6) is -2.00. The summed E-state index contributed by atoms with van der Waals surface area (Å²) in [6, 6.07) is 2.89. The average Bonchev–Trinajstić information content (AvgIpc) is 2.63. The summed E-state index contributed by atoms with van der Waals surface area (Å²) in [5, 5.41) is 0. The van der Waals surface area contributed by atoms with E-state index < -0.39 is 23.0 Å². The quantitative estimate of drug-likeness (QED) is 0.750. The second-order valence-corrected chi connectivity index (χ2v) is 6.55. The number of esters is 1. The van der Waals surface area contributed by atoms with Crippen LogP contribution in [0.3, 0.4) is 0 Å². The molecule has 0 N–H and O–H groups in total. The Balaban J connectivity index is 2.07. The van der Waals surface area contributed by atoms with Crippen LogP contribution in [0.25, 0.3) is 11.1 Å². The molecule has 0 spiro atoms. The van der Waals surface area contributed by atoms with Crippen LogP contribution < -0.4 is 5.43 Å². The molecule has 1 aliphatic heterocycles. The minimum atomic E-state index is -0.790. The predicted octanol–water partition coefficient (Wildman–Crippen LogP) is 3.40. The smallest absolute Gasteiger partial charge is 0.343 e. The summed E-state index contributed by atoms with van der Waals surface area (Å²) in [6.45, 7) is 3.66. The van der Waals surface area contributed by atoms with Crippen LogP contribution in [0.4, 0.5) is 8.78 Å². The lowest BCUT2D eigenvalue weighted by Crippen LogP contribution is -2.25. The van der Waals surface area contributed by atoms with Crippen molar-refractivity contribution in [3.8, 4) is 11.1 Å². The van der Waals surface area contributed by atoms with Gasteiger partial charge in [0.15, 0.2) is 0 Å². The molecule has 7 heteroatoms. The summed E-state index contributed by atoms with van der Waals surface area (Å²) < 4.78 is 39.3. The fourth-order valence-corrected chi connectivity index (χ4v) is 3.23. The van der Waals surface area contributed by atoms with Crippen molar-refractivity contribution < 1.29 is 23.0 Å². The van der Waals surface area contributed by atoms with Gasteiger partial charge in [-0.1, -0.05) is 0 Å². The molecular weight excluding hydrogens is 356 g/mol. The molecule has 0 atom stereocenters. The van der Waals surface area contributed by atoms with Crippen LogP contribution in [0.5, 0.6) is 0 Å². The molecule has 1 saturated heterocycles. The van der Waals surface area contributed by atoms with Gasteiger partial charge in [0.05, 0.1) is 6.61 Å². The molecule has 1 aromatic carbocycles. The normalized spacial score (nSPS) is 14.9. The third kappa shape index (κ3) is 4.60. The van der Waals surface area contributed by atoms with Gasteiger partial charge in [0.2, 0.25) is 5.43 Å². The van der Waals surface area contributed by atoms with Crippen LogP contribution in [0.2, 0.25) is 0 Å². The van der Waals surface area contributed by atoms with Crippen molar-refractivity contribution in [3.05, 3.63) is 58.0 Å². The molecule has 1 fully saturated rings. The topological polar surface area (TPSA) is 57.5 Å². The Hall–Kier alpha value is -2.54. The van der Waals surface area contributed by atoms with E-state index in [0.717, 1.165) is 31.0 Å². The van der Waals surface area contributed by atoms with Crippen LogP contribution >= 0.6 is 0 Å². The number of aromatic nitrogens is 1. The number of pyridine rings is 1. The first-order chi connectivity index (χ1) is 13.0. The summed E-state index contributed by atoms with van der Waals surface area (Å²) in [5.41, 5.74) is -0.608. The highest BCUT2D eigenvalue weighted by molar-refractivity contribution is 5.90. The Morgan fingerprint density at radius 3 is 2.48 bits per heavy atom. The van der Waals surface area contributed by atoms with E-state index >= 15 is 0 Å². The Labute approximate surface area is 155 Å². The lowest BCUT2D eigenvalue weighted by Gasteiger charge is -2.23. The lowest BCUT2D eigenvalue weighted by atomic mass is 9.99. The van der Waals surface area contributed by atoms with Crippen LogP contribution in [0.15, 0.2) is 35.4 Å². The number of ether oxygens (including phenoxy) is 2. The summed E-state index contributed by atoms with van der Waals surface area (Å²) in [7, 11) is 0. The van der Waals surface area contributed by atoms with Gasteiger partial charge in [0, 0.05) is 43.8 Å². The molecule has 3 rings (SSSR count). The summed E-state index contributed by atoms with van der Waals surface area (Å²) >= 11 is 0. The van der Waals surface area contributed by atoms with E-state index in [-0.39, 0.29) is 23.3 Å². The standard InChI is InChI=1S/C20H21F2NO4/c1-2-27-20(25)18-12-23(10-13-3-5-26-6-4-13)11-17(19(18)24)14-7-15(21)9-16(22)8-14/h7-9,11-13H,2-6,10H2,1H3. The molecule has 5 nitrogen and oxygen atoms in total. The maximum absolute atomic E-state index is 13.6. The molecule has 1 aliphatic rings. The Morgan fingerprint density at radius 1 is 1.19 bits per heavy atom. The van der Waals surface area contributed by atoms with Crippen molar-refractivity contribution in [2.24, 2.45) is 5.92 Å². The van der Waals surface area contributed by atoms with Gasteiger partial charge in [-0.15, -0.1) is 0 Å². The minimum Gasteiger partial charge on any atom is -0.462 e. The number of rotatable bonds is 5. The number of benzene rings is 1. The van der Waals surface area contributed by atoms with E-state index in [0.29, 0.717) is 25.7 Å². The van der Waals surface area contributed by atoms with Crippen molar-refractivity contribution in [2.45, 2.75) is 26.3 Å². The minimum absolute atomic E-state index is 0.0611. The molecule has 1 aromatic heterocycles. The van der Waals surface area contributed by atoms with Crippen molar-refractivity contribution in [1.29, 1.82) is 0 Å². The molecule has 0 radical (unpaired) electrons. The molecule has 2 aromatic rings. The highest BCUT2D eigenvalue weighted by Gasteiger charge is 2.20. The first-order valence-corrected chi connectivity index (χ1v) is 8.93. The van der Waals surface area contributed by atoms with E-state index in [9.17, 15) is 18.4 Å². The summed E-state index contributed by atoms with van der Waals surface area (Å²) in [4.78, 5) is 25.0. The van der Waals surface area contributed by atoms with Gasteiger partial charge in [-0.05, 0) is 43.4 Å². The molecule has 0 bridgehead atoms. The van der Waals surface area contributed by atoms with Gasteiger partial charge >= 0.3 is 5.97 Å². The molecular formula is C20H21F2NO4. The Kier molecular flexibility index (Phi) is 6.01. The van der Waals surface area contributed by atoms with Crippen LogP contribution in [0.1, 0.15) is 30.1 Å². The number of nitrogens with zero attached hydrogens (tertiary/aromatic N) is 1. The number of hydrogen-bond donors (Lipinski definition) is 0. The van der Waals surface area contributed by atoms with E-state index in [1.165, 1.54) is 12.4 Å². The van der Waals surface area contributed by atoms with Crippen molar-refractivity contribution in [2.75, 3.05) is 19.8 Å². The molecule has 27 heavy (non-hydrogen) atoms. The van der Waals surface area contributed by atoms with E-state index in [1.807, 2.05) is 0 Å². The van der Waals surface area contributed by atoms with Gasteiger partial charge < -0.3 is 14.0 Å². The maximum Gasteiger partial charge on any atom is 0.343 e. The zero-order chi connectivity index (χ0) is 19.4. The Morgan fingerprint density at radius 2 is 1.85 bits per heavy atom. The molecule has 0 saturated carbocycles. The highest BCUT2D eigenvalue weighted by atomic mass is 19.1. The number of carbonyl (C=O) groups is 1. The SMILES string of the molecule is CCOC(=O)c1cn(CC2CCOCC2)cc(-c2cc(F)cc(F)c2)c1=O. The maximum atomic E-state index is 13.6. The van der Waals surface area contributed by atoms with Crippen LogP contribution in [-0.4, -0.2) is 30.4 Å². The summed E-state index contributed by atoms with van der Waals surface area (Å²) in [6.07, 6.45) is 4.72. The van der Waals surface area contributed by atoms with Gasteiger partial charge in [0.1, 0.15) is 17.2 Å². The molecule has 0 amide bonds. The van der Waals surface area contributed by atoms with Crippen LogP contribution in [0, 0.1) is 17.6 Å². The molecule has 2 heterocycles. The molecule has 0 aliphatic carbocycles.